The minimum atomic E-state index is 0.111. The quantitative estimate of drug-likeness (QED) is 0.817. The number of ether oxygens (including phenoxy) is 1. The summed E-state index contributed by atoms with van der Waals surface area (Å²) in [6.07, 6.45) is 8.97. The van der Waals surface area contributed by atoms with Crippen molar-refractivity contribution in [3.8, 4) is 0 Å². The molecular formula is C19H30N4O2. The number of amides is 1. The van der Waals surface area contributed by atoms with Gasteiger partial charge in [0.15, 0.2) is 0 Å². The molecule has 6 heteroatoms. The fourth-order valence-corrected chi connectivity index (χ4v) is 4.52. The van der Waals surface area contributed by atoms with Crippen molar-refractivity contribution < 1.29 is 9.53 Å². The lowest BCUT2D eigenvalue weighted by molar-refractivity contribution is 0.0170. The van der Waals surface area contributed by atoms with Crippen LogP contribution in [-0.4, -0.2) is 70.4 Å². The minimum Gasteiger partial charge on any atom is -0.380 e. The molecule has 0 N–H and O–H groups in total. The van der Waals surface area contributed by atoms with Crippen molar-refractivity contribution in [2.45, 2.75) is 50.1 Å². The van der Waals surface area contributed by atoms with E-state index in [4.69, 9.17) is 4.74 Å². The molecular weight excluding hydrogens is 316 g/mol. The third-order valence-electron chi connectivity index (χ3n) is 6.62. The normalized spacial score (nSPS) is 26.5. The molecule has 0 aromatic carbocycles. The highest BCUT2D eigenvalue weighted by atomic mass is 16.5. The van der Waals surface area contributed by atoms with Gasteiger partial charge >= 0.3 is 0 Å². The molecule has 1 saturated carbocycles. The first-order valence-electron chi connectivity index (χ1n) is 9.67. The number of aromatic nitrogens is 2. The number of likely N-dealkylation sites (N-methyl/N-ethyl adjacent to an activating group) is 1. The minimum absolute atomic E-state index is 0.111. The third kappa shape index (κ3) is 3.34. The van der Waals surface area contributed by atoms with Gasteiger partial charge in [-0.25, -0.2) is 0 Å². The maximum Gasteiger partial charge on any atom is 0.272 e. The van der Waals surface area contributed by atoms with Gasteiger partial charge in [0.25, 0.3) is 5.91 Å². The highest BCUT2D eigenvalue weighted by Crippen LogP contribution is 2.41. The van der Waals surface area contributed by atoms with Crippen LogP contribution in [0.25, 0.3) is 0 Å². The third-order valence-corrected chi connectivity index (χ3v) is 6.62. The van der Waals surface area contributed by atoms with Crippen LogP contribution < -0.4 is 0 Å². The Kier molecular flexibility index (Phi) is 4.58. The highest BCUT2D eigenvalue weighted by Gasteiger charge is 2.46. The van der Waals surface area contributed by atoms with Crippen LogP contribution in [0.5, 0.6) is 0 Å². The zero-order valence-electron chi connectivity index (χ0n) is 15.5. The Balaban J connectivity index is 1.31. The Hall–Kier alpha value is -1.40. The standard InChI is InChI=1S/C19H30N4O2/c1-21-16(14-25-13-15-3-4-15)5-7-19(21)8-11-23(12-9-19)18(24)17-6-10-20-22(17)2/h6,10,15-16H,3-5,7-9,11-14H2,1-2H3/t16-/m1/s1. The van der Waals surface area contributed by atoms with E-state index in [1.807, 2.05) is 18.0 Å². The maximum atomic E-state index is 12.7. The summed E-state index contributed by atoms with van der Waals surface area (Å²) >= 11 is 0. The summed E-state index contributed by atoms with van der Waals surface area (Å²) in [5, 5.41) is 4.12. The van der Waals surface area contributed by atoms with Gasteiger partial charge in [-0.3, -0.25) is 14.4 Å². The predicted octanol–water partition coefficient (Wildman–Crippen LogP) is 1.92. The first-order valence-corrected chi connectivity index (χ1v) is 9.67. The summed E-state index contributed by atoms with van der Waals surface area (Å²) in [6.45, 7) is 3.49. The molecule has 1 spiro atoms. The molecule has 0 bridgehead atoms. The molecule has 6 nitrogen and oxygen atoms in total. The summed E-state index contributed by atoms with van der Waals surface area (Å²) in [5.74, 6) is 0.946. The number of nitrogens with zero attached hydrogens (tertiary/aromatic N) is 4. The first-order chi connectivity index (χ1) is 12.1. The molecule has 138 valence electrons. The van der Waals surface area contributed by atoms with E-state index in [-0.39, 0.29) is 11.4 Å². The Morgan fingerprint density at radius 1 is 1.20 bits per heavy atom. The molecule has 1 aromatic heterocycles. The Bertz CT molecular complexity index is 617. The molecule has 1 aromatic rings. The molecule has 1 amide bonds. The van der Waals surface area contributed by atoms with Crippen LogP contribution in [0, 0.1) is 5.92 Å². The summed E-state index contributed by atoms with van der Waals surface area (Å²) in [7, 11) is 4.09. The van der Waals surface area contributed by atoms with Gasteiger partial charge in [0, 0.05) is 44.5 Å². The van der Waals surface area contributed by atoms with Crippen molar-refractivity contribution >= 4 is 5.91 Å². The second-order valence-corrected chi connectivity index (χ2v) is 8.14. The zero-order chi connectivity index (χ0) is 17.4. The predicted molar refractivity (Wildman–Crippen MR) is 95.4 cm³/mol. The fraction of sp³-hybridized carbons (Fsp3) is 0.789. The second kappa shape index (κ2) is 6.72. The van der Waals surface area contributed by atoms with Crippen molar-refractivity contribution in [1.29, 1.82) is 0 Å². The number of piperidine rings is 1. The topological polar surface area (TPSA) is 50.6 Å². The van der Waals surface area contributed by atoms with Crippen molar-refractivity contribution in [2.24, 2.45) is 13.0 Å². The van der Waals surface area contributed by atoms with Crippen LogP contribution >= 0.6 is 0 Å². The van der Waals surface area contributed by atoms with E-state index in [9.17, 15) is 4.79 Å². The summed E-state index contributed by atoms with van der Waals surface area (Å²) in [6, 6.07) is 2.35. The fourth-order valence-electron chi connectivity index (χ4n) is 4.52. The molecule has 25 heavy (non-hydrogen) atoms. The second-order valence-electron chi connectivity index (χ2n) is 8.14. The first kappa shape index (κ1) is 17.0. The summed E-state index contributed by atoms with van der Waals surface area (Å²) in [4.78, 5) is 17.2. The van der Waals surface area contributed by atoms with Crippen molar-refractivity contribution in [1.82, 2.24) is 19.6 Å². The van der Waals surface area contributed by atoms with Crippen molar-refractivity contribution in [2.75, 3.05) is 33.4 Å². The van der Waals surface area contributed by atoms with Crippen LogP contribution in [0.1, 0.15) is 49.0 Å². The van der Waals surface area contributed by atoms with E-state index in [1.165, 1.54) is 25.7 Å². The summed E-state index contributed by atoms with van der Waals surface area (Å²) < 4.78 is 7.62. The van der Waals surface area contributed by atoms with Crippen LogP contribution in [0.2, 0.25) is 0 Å². The molecule has 0 unspecified atom stereocenters. The number of hydrogen-bond acceptors (Lipinski definition) is 4. The number of carbonyl (C=O) groups is 1. The molecule has 1 aliphatic carbocycles. The average Bonchev–Trinajstić information content (AvgIpc) is 3.28. The van der Waals surface area contributed by atoms with Gasteiger partial charge in [-0.05, 0) is 57.6 Å². The Morgan fingerprint density at radius 3 is 2.60 bits per heavy atom. The van der Waals surface area contributed by atoms with E-state index in [0.29, 0.717) is 11.7 Å². The van der Waals surface area contributed by atoms with Crippen molar-refractivity contribution in [3.05, 3.63) is 18.0 Å². The molecule has 3 heterocycles. The van der Waals surface area contributed by atoms with Gasteiger partial charge in [-0.15, -0.1) is 0 Å². The molecule has 1 atom stereocenters. The highest BCUT2D eigenvalue weighted by molar-refractivity contribution is 5.92. The van der Waals surface area contributed by atoms with Crippen molar-refractivity contribution in [3.63, 3.8) is 0 Å². The van der Waals surface area contributed by atoms with Gasteiger partial charge in [0.2, 0.25) is 0 Å². The Morgan fingerprint density at radius 2 is 1.96 bits per heavy atom. The van der Waals surface area contributed by atoms with Gasteiger partial charge in [0.1, 0.15) is 5.69 Å². The van der Waals surface area contributed by atoms with E-state index in [1.54, 1.807) is 10.9 Å². The maximum absolute atomic E-state index is 12.7. The van der Waals surface area contributed by atoms with E-state index in [0.717, 1.165) is 45.1 Å². The molecule has 3 fully saturated rings. The number of aryl methyl sites for hydroxylation is 1. The summed E-state index contributed by atoms with van der Waals surface area (Å²) in [5.41, 5.74) is 0.943. The van der Waals surface area contributed by atoms with Gasteiger partial charge in [0.05, 0.1) is 6.61 Å². The monoisotopic (exact) mass is 346 g/mol. The van der Waals surface area contributed by atoms with Crippen LogP contribution in [0.4, 0.5) is 0 Å². The van der Waals surface area contributed by atoms with Gasteiger partial charge in [-0.2, -0.15) is 5.10 Å². The smallest absolute Gasteiger partial charge is 0.272 e. The largest absolute Gasteiger partial charge is 0.380 e. The van der Waals surface area contributed by atoms with Crippen LogP contribution in [0.15, 0.2) is 12.3 Å². The van der Waals surface area contributed by atoms with Gasteiger partial charge < -0.3 is 9.64 Å². The van der Waals surface area contributed by atoms with Crippen LogP contribution in [-0.2, 0) is 11.8 Å². The van der Waals surface area contributed by atoms with Crippen LogP contribution in [0.3, 0.4) is 0 Å². The lowest BCUT2D eigenvalue weighted by atomic mass is 9.85. The van der Waals surface area contributed by atoms with E-state index >= 15 is 0 Å². The van der Waals surface area contributed by atoms with E-state index in [2.05, 4.69) is 17.0 Å². The van der Waals surface area contributed by atoms with Gasteiger partial charge in [-0.1, -0.05) is 0 Å². The number of rotatable bonds is 5. The Labute approximate surface area is 150 Å². The molecule has 0 radical (unpaired) electrons. The average molecular weight is 346 g/mol. The molecule has 3 aliphatic rings. The SMILES string of the molecule is CN1[C@@H](COCC2CC2)CCC12CCN(C(=O)c1ccnn1C)CC2. The molecule has 4 rings (SSSR count). The lowest BCUT2D eigenvalue weighted by Gasteiger charge is -2.45. The van der Waals surface area contributed by atoms with E-state index < -0.39 is 0 Å². The number of carbonyl (C=O) groups excluding carboxylic acids is 1. The lowest BCUT2D eigenvalue weighted by Crippen LogP contribution is -2.54. The number of hydrogen-bond donors (Lipinski definition) is 0. The zero-order valence-corrected chi connectivity index (χ0v) is 15.5. The number of likely N-dealkylation sites (tertiary alicyclic amines) is 2. The molecule has 2 saturated heterocycles. The molecule has 2 aliphatic heterocycles.